The van der Waals surface area contributed by atoms with Crippen molar-refractivity contribution in [1.82, 2.24) is 9.55 Å². The molecule has 1 aliphatic rings. The van der Waals surface area contributed by atoms with Gasteiger partial charge in [-0.2, -0.15) is 0 Å². The molecule has 3 rings (SSSR count). The molecule has 1 aromatic carbocycles. The van der Waals surface area contributed by atoms with E-state index < -0.39 is 6.10 Å². The van der Waals surface area contributed by atoms with Crippen LogP contribution >= 0.6 is 0 Å². The maximum atomic E-state index is 12.2. The predicted molar refractivity (Wildman–Crippen MR) is 83.4 cm³/mol. The first-order chi connectivity index (χ1) is 10.8. The van der Waals surface area contributed by atoms with Crippen molar-refractivity contribution in [1.29, 1.82) is 0 Å². The van der Waals surface area contributed by atoms with Gasteiger partial charge in [-0.1, -0.05) is 30.3 Å². The Labute approximate surface area is 129 Å². The average molecular weight is 300 g/mol. The quantitative estimate of drug-likeness (QED) is 0.874. The van der Waals surface area contributed by atoms with E-state index in [1.165, 1.54) is 0 Å². The minimum absolute atomic E-state index is 0.0141. The molecule has 116 valence electrons. The van der Waals surface area contributed by atoms with Crippen LogP contribution in [0.5, 0.6) is 0 Å². The lowest BCUT2D eigenvalue weighted by molar-refractivity contribution is -0.126. The standard InChI is InChI=1S/C16H20N4O2/c17-10-13-6-7-14(22-13)15(21)19-16-18-8-9-20(16)11-12-4-2-1-3-5-12/h1-5,8-9,13-14H,6-7,10-11,17H2,(H,18,19,21)/t13-,14+/m1/s1. The number of carbonyl (C=O) groups excluding carboxylic acids is 1. The van der Waals surface area contributed by atoms with Gasteiger partial charge in [0.05, 0.1) is 12.6 Å². The van der Waals surface area contributed by atoms with Gasteiger partial charge in [-0.3, -0.25) is 10.1 Å². The topological polar surface area (TPSA) is 82.2 Å². The molecule has 2 aromatic rings. The molecule has 0 spiro atoms. The molecule has 0 aliphatic carbocycles. The van der Waals surface area contributed by atoms with Gasteiger partial charge in [0.2, 0.25) is 5.95 Å². The van der Waals surface area contributed by atoms with E-state index in [4.69, 9.17) is 10.5 Å². The molecule has 6 heteroatoms. The molecule has 22 heavy (non-hydrogen) atoms. The summed E-state index contributed by atoms with van der Waals surface area (Å²) in [5.41, 5.74) is 6.72. The number of amides is 1. The van der Waals surface area contributed by atoms with E-state index in [9.17, 15) is 4.79 Å². The largest absolute Gasteiger partial charge is 0.364 e. The zero-order valence-corrected chi connectivity index (χ0v) is 12.3. The van der Waals surface area contributed by atoms with Crippen molar-refractivity contribution in [2.24, 2.45) is 5.73 Å². The first-order valence-electron chi connectivity index (χ1n) is 7.47. The Morgan fingerprint density at radius 3 is 2.91 bits per heavy atom. The Bertz CT molecular complexity index is 626. The average Bonchev–Trinajstić information content (AvgIpc) is 3.18. The second-order valence-electron chi connectivity index (χ2n) is 5.41. The molecule has 1 fully saturated rings. The number of rotatable bonds is 5. The summed E-state index contributed by atoms with van der Waals surface area (Å²) in [6.45, 7) is 1.11. The molecule has 0 unspecified atom stereocenters. The Hall–Kier alpha value is -2.18. The van der Waals surface area contributed by atoms with Crippen LogP contribution < -0.4 is 11.1 Å². The van der Waals surface area contributed by atoms with E-state index in [0.717, 1.165) is 12.0 Å². The molecule has 1 aromatic heterocycles. The third-order valence-corrected chi connectivity index (χ3v) is 3.81. The summed E-state index contributed by atoms with van der Waals surface area (Å²) in [6, 6.07) is 10.0. The smallest absolute Gasteiger partial charge is 0.255 e. The second-order valence-corrected chi connectivity index (χ2v) is 5.41. The van der Waals surface area contributed by atoms with Gasteiger partial charge < -0.3 is 15.0 Å². The van der Waals surface area contributed by atoms with Gasteiger partial charge in [-0.05, 0) is 18.4 Å². The van der Waals surface area contributed by atoms with E-state index in [0.29, 0.717) is 25.5 Å². The number of hydrogen-bond donors (Lipinski definition) is 2. The Morgan fingerprint density at radius 2 is 2.18 bits per heavy atom. The zero-order chi connectivity index (χ0) is 15.4. The summed E-state index contributed by atoms with van der Waals surface area (Å²) < 4.78 is 7.51. The van der Waals surface area contributed by atoms with Crippen LogP contribution in [0.1, 0.15) is 18.4 Å². The number of imidazole rings is 1. The molecular formula is C16H20N4O2. The fourth-order valence-electron chi connectivity index (χ4n) is 2.60. The van der Waals surface area contributed by atoms with Crippen LogP contribution in [0.2, 0.25) is 0 Å². The first kappa shape index (κ1) is 14.7. The maximum Gasteiger partial charge on any atom is 0.255 e. The monoisotopic (exact) mass is 300 g/mol. The van der Waals surface area contributed by atoms with Crippen molar-refractivity contribution in [2.75, 3.05) is 11.9 Å². The van der Waals surface area contributed by atoms with Crippen LogP contribution in [0, 0.1) is 0 Å². The molecule has 6 nitrogen and oxygen atoms in total. The van der Waals surface area contributed by atoms with E-state index in [2.05, 4.69) is 10.3 Å². The van der Waals surface area contributed by atoms with Gasteiger partial charge in [0.25, 0.3) is 5.91 Å². The molecule has 1 amide bonds. The third-order valence-electron chi connectivity index (χ3n) is 3.81. The summed E-state index contributed by atoms with van der Waals surface area (Å²) in [4.78, 5) is 16.5. The van der Waals surface area contributed by atoms with Crippen molar-refractivity contribution in [3.63, 3.8) is 0 Å². The first-order valence-corrected chi connectivity index (χ1v) is 7.47. The molecule has 0 saturated carbocycles. The van der Waals surface area contributed by atoms with E-state index in [-0.39, 0.29) is 12.0 Å². The van der Waals surface area contributed by atoms with Gasteiger partial charge in [0.15, 0.2) is 0 Å². The van der Waals surface area contributed by atoms with Crippen molar-refractivity contribution >= 4 is 11.9 Å². The number of nitrogens with one attached hydrogen (secondary N) is 1. The Morgan fingerprint density at radius 1 is 1.36 bits per heavy atom. The third kappa shape index (κ3) is 3.35. The van der Waals surface area contributed by atoms with Gasteiger partial charge in [0.1, 0.15) is 6.10 Å². The highest BCUT2D eigenvalue weighted by Gasteiger charge is 2.30. The number of ether oxygens (including phenoxy) is 1. The van der Waals surface area contributed by atoms with E-state index in [1.54, 1.807) is 6.20 Å². The van der Waals surface area contributed by atoms with Gasteiger partial charge in [-0.25, -0.2) is 4.98 Å². The van der Waals surface area contributed by atoms with Crippen molar-refractivity contribution in [2.45, 2.75) is 31.6 Å². The lowest BCUT2D eigenvalue weighted by atomic mass is 10.2. The van der Waals surface area contributed by atoms with Crippen LogP contribution in [-0.2, 0) is 16.1 Å². The number of anilines is 1. The molecular weight excluding hydrogens is 280 g/mol. The van der Waals surface area contributed by atoms with Crippen LogP contribution in [0.15, 0.2) is 42.7 Å². The number of aromatic nitrogens is 2. The SMILES string of the molecule is NC[C@H]1CC[C@@H](C(=O)Nc2nccn2Cc2ccccc2)O1. The van der Waals surface area contributed by atoms with Gasteiger partial charge >= 0.3 is 0 Å². The van der Waals surface area contributed by atoms with Crippen molar-refractivity contribution in [3.8, 4) is 0 Å². The molecule has 0 bridgehead atoms. The normalized spacial score (nSPS) is 21.0. The highest BCUT2D eigenvalue weighted by molar-refractivity contribution is 5.92. The fraction of sp³-hybridized carbons (Fsp3) is 0.375. The second kappa shape index (κ2) is 6.72. The minimum Gasteiger partial charge on any atom is -0.364 e. The van der Waals surface area contributed by atoms with E-state index in [1.807, 2.05) is 41.1 Å². The van der Waals surface area contributed by atoms with Crippen LogP contribution in [-0.4, -0.2) is 34.2 Å². The summed E-state index contributed by atoms with van der Waals surface area (Å²) in [5, 5.41) is 2.84. The van der Waals surface area contributed by atoms with Crippen molar-refractivity contribution < 1.29 is 9.53 Å². The molecule has 2 atom stereocenters. The van der Waals surface area contributed by atoms with Crippen LogP contribution in [0.4, 0.5) is 5.95 Å². The number of nitrogens with zero attached hydrogens (tertiary/aromatic N) is 2. The number of carbonyl (C=O) groups is 1. The number of benzene rings is 1. The number of hydrogen-bond acceptors (Lipinski definition) is 4. The zero-order valence-electron chi connectivity index (χ0n) is 12.3. The number of nitrogens with two attached hydrogens (primary N) is 1. The summed E-state index contributed by atoms with van der Waals surface area (Å²) in [5.74, 6) is 0.380. The molecule has 2 heterocycles. The Balaban J connectivity index is 1.64. The van der Waals surface area contributed by atoms with Crippen LogP contribution in [0.25, 0.3) is 0 Å². The van der Waals surface area contributed by atoms with Gasteiger partial charge in [-0.15, -0.1) is 0 Å². The lowest BCUT2D eigenvalue weighted by Gasteiger charge is -2.13. The molecule has 1 saturated heterocycles. The van der Waals surface area contributed by atoms with Crippen molar-refractivity contribution in [3.05, 3.63) is 48.3 Å². The molecule has 0 radical (unpaired) electrons. The van der Waals surface area contributed by atoms with Gasteiger partial charge in [0, 0.05) is 18.9 Å². The van der Waals surface area contributed by atoms with E-state index >= 15 is 0 Å². The lowest BCUT2D eigenvalue weighted by Crippen LogP contribution is -2.30. The molecule has 3 N–H and O–H groups in total. The summed E-state index contributed by atoms with van der Waals surface area (Å²) >= 11 is 0. The Kier molecular flexibility index (Phi) is 4.50. The predicted octanol–water partition coefficient (Wildman–Crippen LogP) is 1.38. The summed E-state index contributed by atoms with van der Waals surface area (Å²) in [6.07, 6.45) is 4.60. The fourth-order valence-corrected chi connectivity index (χ4v) is 2.60. The maximum absolute atomic E-state index is 12.2. The van der Waals surface area contributed by atoms with Crippen LogP contribution in [0.3, 0.4) is 0 Å². The highest BCUT2D eigenvalue weighted by atomic mass is 16.5. The summed E-state index contributed by atoms with van der Waals surface area (Å²) in [7, 11) is 0. The highest BCUT2D eigenvalue weighted by Crippen LogP contribution is 2.20. The minimum atomic E-state index is -0.435. The molecule has 1 aliphatic heterocycles.